The SMILES string of the molecule is CCC1CCNC(CCCC(C)C)C1. The van der Waals surface area contributed by atoms with Crippen LogP contribution in [0.15, 0.2) is 0 Å². The molecule has 2 atom stereocenters. The predicted molar refractivity (Wildman–Crippen MR) is 63.5 cm³/mol. The lowest BCUT2D eigenvalue weighted by atomic mass is 9.88. The molecule has 0 saturated carbocycles. The van der Waals surface area contributed by atoms with Crippen molar-refractivity contribution >= 4 is 0 Å². The van der Waals surface area contributed by atoms with E-state index in [4.69, 9.17) is 0 Å². The van der Waals surface area contributed by atoms with Gasteiger partial charge in [-0.2, -0.15) is 0 Å². The second-order valence-corrected chi connectivity index (χ2v) is 5.27. The van der Waals surface area contributed by atoms with Crippen LogP contribution in [0, 0.1) is 11.8 Å². The molecule has 1 heterocycles. The van der Waals surface area contributed by atoms with Gasteiger partial charge < -0.3 is 5.32 Å². The van der Waals surface area contributed by atoms with E-state index in [-0.39, 0.29) is 0 Å². The summed E-state index contributed by atoms with van der Waals surface area (Å²) >= 11 is 0. The van der Waals surface area contributed by atoms with E-state index in [9.17, 15) is 0 Å². The molecule has 1 N–H and O–H groups in total. The summed E-state index contributed by atoms with van der Waals surface area (Å²) in [5, 5.41) is 3.66. The van der Waals surface area contributed by atoms with Crippen molar-refractivity contribution in [1.82, 2.24) is 5.32 Å². The minimum absolute atomic E-state index is 0.826. The minimum Gasteiger partial charge on any atom is -0.314 e. The molecule has 14 heavy (non-hydrogen) atoms. The molecule has 1 saturated heterocycles. The molecular formula is C13H27N. The zero-order chi connectivity index (χ0) is 10.4. The molecule has 2 unspecified atom stereocenters. The molecule has 0 aromatic carbocycles. The van der Waals surface area contributed by atoms with Crippen molar-refractivity contribution in [2.75, 3.05) is 6.54 Å². The highest BCUT2D eigenvalue weighted by atomic mass is 14.9. The van der Waals surface area contributed by atoms with Crippen LogP contribution in [0.5, 0.6) is 0 Å². The number of piperidine rings is 1. The van der Waals surface area contributed by atoms with Crippen LogP contribution in [0.3, 0.4) is 0 Å². The second-order valence-electron chi connectivity index (χ2n) is 5.27. The van der Waals surface area contributed by atoms with Gasteiger partial charge in [0.25, 0.3) is 0 Å². The molecule has 1 aliphatic heterocycles. The average molecular weight is 197 g/mol. The summed E-state index contributed by atoms with van der Waals surface area (Å²) in [6.07, 6.45) is 8.41. The molecule has 1 fully saturated rings. The normalized spacial score (nSPS) is 28.3. The first-order chi connectivity index (χ1) is 6.72. The van der Waals surface area contributed by atoms with Gasteiger partial charge in [0, 0.05) is 6.04 Å². The van der Waals surface area contributed by atoms with E-state index >= 15 is 0 Å². The molecule has 0 bridgehead atoms. The van der Waals surface area contributed by atoms with E-state index in [0.29, 0.717) is 0 Å². The first-order valence-electron chi connectivity index (χ1n) is 6.45. The number of rotatable bonds is 5. The van der Waals surface area contributed by atoms with Crippen molar-refractivity contribution in [1.29, 1.82) is 0 Å². The van der Waals surface area contributed by atoms with Crippen LogP contribution in [-0.4, -0.2) is 12.6 Å². The summed E-state index contributed by atoms with van der Waals surface area (Å²) < 4.78 is 0. The molecule has 1 aliphatic rings. The fraction of sp³-hybridized carbons (Fsp3) is 1.00. The number of hydrogen-bond donors (Lipinski definition) is 1. The third-order valence-corrected chi connectivity index (χ3v) is 3.51. The second kappa shape index (κ2) is 6.44. The average Bonchev–Trinajstić information content (AvgIpc) is 2.18. The van der Waals surface area contributed by atoms with E-state index in [1.54, 1.807) is 0 Å². The van der Waals surface area contributed by atoms with Gasteiger partial charge in [-0.05, 0) is 37.6 Å². The molecule has 1 rings (SSSR count). The third-order valence-electron chi connectivity index (χ3n) is 3.51. The van der Waals surface area contributed by atoms with E-state index in [2.05, 4.69) is 26.1 Å². The van der Waals surface area contributed by atoms with Crippen LogP contribution in [0.2, 0.25) is 0 Å². The zero-order valence-electron chi connectivity index (χ0n) is 10.2. The van der Waals surface area contributed by atoms with E-state index in [0.717, 1.165) is 17.9 Å². The summed E-state index contributed by atoms with van der Waals surface area (Å²) in [7, 11) is 0. The van der Waals surface area contributed by atoms with Gasteiger partial charge in [-0.15, -0.1) is 0 Å². The smallest absolute Gasteiger partial charge is 0.00697 e. The maximum absolute atomic E-state index is 3.66. The Balaban J connectivity index is 2.11. The number of nitrogens with one attached hydrogen (secondary N) is 1. The Morgan fingerprint density at radius 2 is 2.14 bits per heavy atom. The standard InChI is InChI=1S/C13H27N/c1-4-12-8-9-14-13(10-12)7-5-6-11(2)3/h11-14H,4-10H2,1-3H3. The van der Waals surface area contributed by atoms with E-state index in [1.165, 1.54) is 45.1 Å². The van der Waals surface area contributed by atoms with Gasteiger partial charge in [-0.3, -0.25) is 0 Å². The fourth-order valence-corrected chi connectivity index (χ4v) is 2.46. The molecule has 1 nitrogen and oxygen atoms in total. The molecule has 0 amide bonds. The van der Waals surface area contributed by atoms with Crippen molar-refractivity contribution in [2.45, 2.75) is 65.3 Å². The molecule has 84 valence electrons. The quantitative estimate of drug-likeness (QED) is 0.710. The van der Waals surface area contributed by atoms with Crippen molar-refractivity contribution < 1.29 is 0 Å². The van der Waals surface area contributed by atoms with Crippen molar-refractivity contribution in [3.05, 3.63) is 0 Å². The lowest BCUT2D eigenvalue weighted by Crippen LogP contribution is -2.37. The molecular weight excluding hydrogens is 170 g/mol. The molecule has 0 aliphatic carbocycles. The summed E-state index contributed by atoms with van der Waals surface area (Å²) in [6, 6.07) is 0.826. The van der Waals surface area contributed by atoms with Crippen LogP contribution < -0.4 is 5.32 Å². The lowest BCUT2D eigenvalue weighted by Gasteiger charge is -2.30. The van der Waals surface area contributed by atoms with Gasteiger partial charge >= 0.3 is 0 Å². The summed E-state index contributed by atoms with van der Waals surface area (Å²) in [6.45, 7) is 8.23. The van der Waals surface area contributed by atoms with Gasteiger partial charge in [-0.1, -0.05) is 40.0 Å². The van der Waals surface area contributed by atoms with E-state index < -0.39 is 0 Å². The molecule has 1 heteroatoms. The van der Waals surface area contributed by atoms with Gasteiger partial charge in [0.1, 0.15) is 0 Å². The van der Waals surface area contributed by atoms with Crippen molar-refractivity contribution in [3.63, 3.8) is 0 Å². The Bertz CT molecular complexity index is 142. The summed E-state index contributed by atoms with van der Waals surface area (Å²) in [5.41, 5.74) is 0. The van der Waals surface area contributed by atoms with Gasteiger partial charge in [-0.25, -0.2) is 0 Å². The maximum Gasteiger partial charge on any atom is 0.00697 e. The van der Waals surface area contributed by atoms with Gasteiger partial charge in [0.2, 0.25) is 0 Å². The molecule has 0 radical (unpaired) electrons. The summed E-state index contributed by atoms with van der Waals surface area (Å²) in [4.78, 5) is 0. The molecule has 0 aromatic rings. The Morgan fingerprint density at radius 1 is 1.36 bits per heavy atom. The van der Waals surface area contributed by atoms with Crippen molar-refractivity contribution in [2.24, 2.45) is 11.8 Å². The highest BCUT2D eigenvalue weighted by Crippen LogP contribution is 2.22. The minimum atomic E-state index is 0.826. The molecule has 0 spiro atoms. The fourth-order valence-electron chi connectivity index (χ4n) is 2.46. The third kappa shape index (κ3) is 4.45. The Labute approximate surface area is 89.7 Å². The van der Waals surface area contributed by atoms with Crippen molar-refractivity contribution in [3.8, 4) is 0 Å². The largest absolute Gasteiger partial charge is 0.314 e. The first kappa shape index (κ1) is 12.0. The van der Waals surface area contributed by atoms with Crippen LogP contribution in [-0.2, 0) is 0 Å². The highest BCUT2D eigenvalue weighted by Gasteiger charge is 2.19. The monoisotopic (exact) mass is 197 g/mol. The number of hydrogen-bond acceptors (Lipinski definition) is 1. The van der Waals surface area contributed by atoms with Gasteiger partial charge in [0.15, 0.2) is 0 Å². The van der Waals surface area contributed by atoms with Crippen LogP contribution >= 0.6 is 0 Å². The van der Waals surface area contributed by atoms with Crippen LogP contribution in [0.4, 0.5) is 0 Å². The van der Waals surface area contributed by atoms with Gasteiger partial charge in [0.05, 0.1) is 0 Å². The first-order valence-corrected chi connectivity index (χ1v) is 6.45. The predicted octanol–water partition coefficient (Wildman–Crippen LogP) is 3.59. The lowest BCUT2D eigenvalue weighted by molar-refractivity contribution is 0.278. The maximum atomic E-state index is 3.66. The highest BCUT2D eigenvalue weighted by molar-refractivity contribution is 4.77. The zero-order valence-corrected chi connectivity index (χ0v) is 10.2. The van der Waals surface area contributed by atoms with Crippen LogP contribution in [0.25, 0.3) is 0 Å². The molecule has 0 aromatic heterocycles. The summed E-state index contributed by atoms with van der Waals surface area (Å²) in [5.74, 6) is 1.88. The van der Waals surface area contributed by atoms with E-state index in [1.807, 2.05) is 0 Å². The van der Waals surface area contributed by atoms with Crippen LogP contribution in [0.1, 0.15) is 59.3 Å². The topological polar surface area (TPSA) is 12.0 Å². The Hall–Kier alpha value is -0.0400. The Kier molecular flexibility index (Phi) is 5.54. The Morgan fingerprint density at radius 3 is 2.79 bits per heavy atom.